The second-order valence-electron chi connectivity index (χ2n) is 10.2. The zero-order valence-electron chi connectivity index (χ0n) is 19.4. The lowest BCUT2D eigenvalue weighted by Gasteiger charge is -2.22. The van der Waals surface area contributed by atoms with E-state index < -0.39 is 47.1 Å². The lowest BCUT2D eigenvalue weighted by atomic mass is 9.91. The van der Waals surface area contributed by atoms with Gasteiger partial charge in [-0.25, -0.2) is 9.18 Å². The summed E-state index contributed by atoms with van der Waals surface area (Å²) in [5.74, 6) is -3.60. The Labute approximate surface area is 206 Å². The van der Waals surface area contributed by atoms with Crippen LogP contribution < -0.4 is 16.0 Å². The van der Waals surface area contributed by atoms with E-state index >= 15 is 0 Å². The fourth-order valence-electron chi connectivity index (χ4n) is 4.57. The molecule has 1 aromatic carbocycles. The van der Waals surface area contributed by atoms with Crippen LogP contribution in [0.2, 0.25) is 5.02 Å². The minimum Gasteiger partial charge on any atom is -0.480 e. The van der Waals surface area contributed by atoms with Gasteiger partial charge in [0.05, 0.1) is 5.02 Å². The van der Waals surface area contributed by atoms with Crippen LogP contribution >= 0.6 is 11.6 Å². The third-order valence-corrected chi connectivity index (χ3v) is 6.81. The number of fused-ring (bicyclic) bond motifs is 1. The van der Waals surface area contributed by atoms with Crippen molar-refractivity contribution in [2.24, 2.45) is 11.8 Å². The molecular formula is C24H28ClFN4O5. The number of carboxylic acids is 1. The Morgan fingerprint density at radius 1 is 1.17 bits per heavy atom. The Kier molecular flexibility index (Phi) is 6.77. The third kappa shape index (κ3) is 5.93. The maximum Gasteiger partial charge on any atom is 0.326 e. The van der Waals surface area contributed by atoms with Crippen molar-refractivity contribution in [1.82, 2.24) is 20.9 Å². The van der Waals surface area contributed by atoms with Crippen LogP contribution in [0.15, 0.2) is 18.2 Å². The molecule has 1 saturated carbocycles. The summed E-state index contributed by atoms with van der Waals surface area (Å²) in [5.41, 5.74) is 0.146. The summed E-state index contributed by atoms with van der Waals surface area (Å²) in [7, 11) is 0. The van der Waals surface area contributed by atoms with Gasteiger partial charge in [-0.15, -0.1) is 0 Å². The molecule has 0 bridgehead atoms. The minimum absolute atomic E-state index is 0.0469. The summed E-state index contributed by atoms with van der Waals surface area (Å²) in [6.45, 7) is 3.71. The van der Waals surface area contributed by atoms with Gasteiger partial charge in [-0.3, -0.25) is 14.4 Å². The Morgan fingerprint density at radius 3 is 2.49 bits per heavy atom. The lowest BCUT2D eigenvalue weighted by Crippen LogP contribution is -2.52. The normalized spacial score (nSPS) is 20.8. The molecular weight excluding hydrogens is 479 g/mol. The minimum atomic E-state index is -1.27. The van der Waals surface area contributed by atoms with E-state index in [4.69, 9.17) is 11.6 Å². The molecule has 4 rings (SSSR count). The van der Waals surface area contributed by atoms with Gasteiger partial charge in [-0.05, 0) is 57.2 Å². The number of halogens is 2. The number of carbonyl (C=O) groups excluding carboxylic acids is 3. The largest absolute Gasteiger partial charge is 0.480 e. The van der Waals surface area contributed by atoms with Crippen LogP contribution in [0.4, 0.5) is 4.39 Å². The highest BCUT2D eigenvalue weighted by Crippen LogP contribution is 2.34. The van der Waals surface area contributed by atoms with E-state index in [1.165, 1.54) is 18.2 Å². The van der Waals surface area contributed by atoms with E-state index in [9.17, 15) is 28.7 Å². The highest BCUT2D eigenvalue weighted by atomic mass is 35.5. The van der Waals surface area contributed by atoms with Gasteiger partial charge in [0.1, 0.15) is 23.6 Å². The Balaban J connectivity index is 1.46. The molecule has 188 valence electrons. The van der Waals surface area contributed by atoms with E-state index in [1.807, 2.05) is 13.8 Å². The Bertz CT molecular complexity index is 1150. The summed E-state index contributed by atoms with van der Waals surface area (Å²) < 4.78 is 13.8. The van der Waals surface area contributed by atoms with Crippen LogP contribution in [0.5, 0.6) is 0 Å². The third-order valence-electron chi connectivity index (χ3n) is 6.52. The van der Waals surface area contributed by atoms with E-state index in [0.29, 0.717) is 23.7 Å². The number of aromatic amines is 1. The van der Waals surface area contributed by atoms with Crippen molar-refractivity contribution < 1.29 is 28.7 Å². The summed E-state index contributed by atoms with van der Waals surface area (Å²) in [6.07, 6.45) is 2.61. The first kappa shape index (κ1) is 25.0. The Hall–Kier alpha value is -3.14. The zero-order chi connectivity index (χ0) is 25.5. The van der Waals surface area contributed by atoms with E-state index in [0.717, 1.165) is 12.8 Å². The fourth-order valence-corrected chi connectivity index (χ4v) is 4.73. The molecule has 3 amide bonds. The maximum atomic E-state index is 13.8. The number of nitrogens with one attached hydrogen (secondary N) is 4. The van der Waals surface area contributed by atoms with Gasteiger partial charge in [0.25, 0.3) is 5.91 Å². The lowest BCUT2D eigenvalue weighted by molar-refractivity contribution is -0.142. The van der Waals surface area contributed by atoms with Crippen molar-refractivity contribution in [1.29, 1.82) is 0 Å². The molecule has 0 radical (unpaired) electrons. The fraction of sp³-hybridized carbons (Fsp3) is 0.500. The van der Waals surface area contributed by atoms with Gasteiger partial charge in [-0.2, -0.15) is 0 Å². The number of aromatic nitrogens is 1. The second-order valence-corrected chi connectivity index (χ2v) is 10.6. The number of amides is 3. The van der Waals surface area contributed by atoms with E-state index in [-0.39, 0.29) is 29.0 Å². The highest BCUT2D eigenvalue weighted by Gasteiger charge is 2.40. The molecule has 2 heterocycles. The summed E-state index contributed by atoms with van der Waals surface area (Å²) in [4.78, 5) is 52.9. The summed E-state index contributed by atoms with van der Waals surface area (Å²) >= 11 is 5.80. The van der Waals surface area contributed by atoms with Crippen molar-refractivity contribution >= 4 is 46.2 Å². The van der Waals surface area contributed by atoms with Crippen molar-refractivity contribution in [3.8, 4) is 0 Å². The number of rotatable bonds is 9. The molecule has 1 aliphatic carbocycles. The van der Waals surface area contributed by atoms with E-state index in [2.05, 4.69) is 20.9 Å². The van der Waals surface area contributed by atoms with Gasteiger partial charge in [0.15, 0.2) is 0 Å². The van der Waals surface area contributed by atoms with Crippen molar-refractivity contribution in [3.05, 3.63) is 34.7 Å². The SMILES string of the molecule is CC1(C)C[C@@H](C[C@H](NC(=O)[C@H](CC2CC2)NC(=O)c2cc3cc(F)c(Cl)cc3[nH]2)C(=O)O)C(=O)N1. The molecule has 2 aromatic rings. The Morgan fingerprint density at radius 2 is 1.89 bits per heavy atom. The zero-order valence-corrected chi connectivity index (χ0v) is 20.2. The smallest absolute Gasteiger partial charge is 0.326 e. The summed E-state index contributed by atoms with van der Waals surface area (Å²) in [5, 5.41) is 18.1. The average molecular weight is 507 g/mol. The number of H-pyrrole nitrogens is 1. The van der Waals surface area contributed by atoms with Crippen LogP contribution in [-0.2, 0) is 14.4 Å². The van der Waals surface area contributed by atoms with Crippen molar-refractivity contribution in [3.63, 3.8) is 0 Å². The predicted octanol–water partition coefficient (Wildman–Crippen LogP) is 2.73. The molecule has 3 atom stereocenters. The van der Waals surface area contributed by atoms with Crippen molar-refractivity contribution in [2.75, 3.05) is 0 Å². The number of hydrogen-bond acceptors (Lipinski definition) is 4. The van der Waals surface area contributed by atoms with Crippen LogP contribution in [0, 0.1) is 17.7 Å². The number of hydrogen-bond donors (Lipinski definition) is 5. The standard InChI is InChI=1S/C24H28ClFN4O5/c1-24(2)10-13(20(31)30-24)8-19(23(34)35)29-21(32)17(5-11-3-4-11)28-22(33)18-7-12-6-15(26)14(25)9-16(12)27-18/h6-7,9,11,13,17,19,27H,3-5,8,10H2,1-2H3,(H,28,33)(H,29,32)(H,30,31)(H,34,35)/t13-,17+,19+/m1/s1. The molecule has 1 saturated heterocycles. The topological polar surface area (TPSA) is 140 Å². The highest BCUT2D eigenvalue weighted by molar-refractivity contribution is 6.31. The molecule has 11 heteroatoms. The molecule has 2 aliphatic rings. The number of aliphatic carboxylic acids is 1. The van der Waals surface area contributed by atoms with Crippen LogP contribution in [-0.4, -0.2) is 51.4 Å². The molecule has 0 unspecified atom stereocenters. The monoisotopic (exact) mass is 506 g/mol. The van der Waals surface area contributed by atoms with Gasteiger partial charge in [0.2, 0.25) is 11.8 Å². The van der Waals surface area contributed by atoms with Crippen molar-refractivity contribution in [2.45, 2.75) is 63.6 Å². The number of carbonyl (C=O) groups is 4. The first-order valence-corrected chi connectivity index (χ1v) is 11.9. The van der Waals surface area contributed by atoms with Crippen LogP contribution in [0.25, 0.3) is 10.9 Å². The van der Waals surface area contributed by atoms with Gasteiger partial charge in [-0.1, -0.05) is 24.4 Å². The molecule has 9 nitrogen and oxygen atoms in total. The summed E-state index contributed by atoms with van der Waals surface area (Å²) in [6, 6.07) is 1.80. The molecule has 2 fully saturated rings. The van der Waals surface area contributed by atoms with Gasteiger partial charge in [0, 0.05) is 22.4 Å². The first-order chi connectivity index (χ1) is 16.4. The van der Waals surface area contributed by atoms with Gasteiger partial charge >= 0.3 is 5.97 Å². The molecule has 5 N–H and O–H groups in total. The molecule has 0 spiro atoms. The van der Waals surface area contributed by atoms with Crippen LogP contribution in [0.1, 0.15) is 56.4 Å². The quantitative estimate of drug-likeness (QED) is 0.355. The number of benzene rings is 1. The predicted molar refractivity (Wildman–Crippen MR) is 126 cm³/mol. The maximum absolute atomic E-state index is 13.8. The van der Waals surface area contributed by atoms with Crippen LogP contribution in [0.3, 0.4) is 0 Å². The molecule has 35 heavy (non-hydrogen) atoms. The second kappa shape index (κ2) is 9.49. The van der Waals surface area contributed by atoms with E-state index in [1.54, 1.807) is 0 Å². The van der Waals surface area contributed by atoms with Gasteiger partial charge < -0.3 is 26.0 Å². The molecule has 1 aliphatic heterocycles. The average Bonchev–Trinajstić information content (AvgIpc) is 3.42. The first-order valence-electron chi connectivity index (χ1n) is 11.6. The molecule has 1 aromatic heterocycles. The number of carboxylic acid groups (broad SMARTS) is 1.